The van der Waals surface area contributed by atoms with Gasteiger partial charge in [-0.3, -0.25) is 0 Å². The van der Waals surface area contributed by atoms with Gasteiger partial charge in [0, 0.05) is 0 Å². The van der Waals surface area contributed by atoms with E-state index in [-0.39, 0.29) is 0 Å². The molecule has 0 atom stereocenters. The van der Waals surface area contributed by atoms with E-state index < -0.39 is 157 Å². The number of rotatable bonds is 0. The van der Waals surface area contributed by atoms with Gasteiger partial charge in [0.25, 0.3) is 0 Å². The monoisotopic (exact) mass is 806 g/mol. The van der Waals surface area contributed by atoms with Crippen molar-refractivity contribution in [3.8, 4) is 0 Å². The van der Waals surface area contributed by atoms with Crippen molar-refractivity contribution in [2.45, 2.75) is 0 Å². The summed E-state index contributed by atoms with van der Waals surface area (Å²) in [6, 6.07) is 6.34. The van der Waals surface area contributed by atoms with Gasteiger partial charge < -0.3 is 0 Å². The summed E-state index contributed by atoms with van der Waals surface area (Å²) in [6.07, 6.45) is 0. The molecule has 18 heteroatoms. The molecule has 8 nitrogen and oxygen atoms in total. The average molecular weight is 807 g/mol. The minimum atomic E-state index is -4.91. The number of nitrogens with zero attached hydrogens (tertiary/aromatic N) is 8. The van der Waals surface area contributed by atoms with E-state index in [0.29, 0.717) is 0 Å². The first-order valence-electron chi connectivity index (χ1n) is 14.5. The van der Waals surface area contributed by atoms with Gasteiger partial charge >= 0.3 is 284 Å². The zero-order chi connectivity index (χ0) is 34.5. The van der Waals surface area contributed by atoms with Crippen molar-refractivity contribution in [2.75, 3.05) is 0 Å². The van der Waals surface area contributed by atoms with Gasteiger partial charge in [-0.25, -0.2) is 0 Å². The van der Waals surface area contributed by atoms with Crippen molar-refractivity contribution in [2.24, 2.45) is 30.0 Å². The molecule has 4 aliphatic rings. The van der Waals surface area contributed by atoms with Gasteiger partial charge in [0.15, 0.2) is 0 Å². The van der Waals surface area contributed by atoms with E-state index in [1.54, 1.807) is 0 Å². The van der Waals surface area contributed by atoms with Crippen LogP contribution in [0, 0.1) is 46.5 Å². The molecule has 0 N–H and O–H groups in total. The van der Waals surface area contributed by atoms with E-state index >= 15 is 35.1 Å². The van der Waals surface area contributed by atoms with Crippen LogP contribution < -0.4 is 11.0 Å². The molecule has 0 saturated carbocycles. The fourth-order valence-corrected chi connectivity index (χ4v) is 14.3. The first kappa shape index (κ1) is 29.7. The molecule has 4 aliphatic heterocycles. The third-order valence-corrected chi connectivity index (χ3v) is 16.7. The fraction of sp³-hybridized carbons (Fsp3) is 0. The van der Waals surface area contributed by atoms with Crippen molar-refractivity contribution in [1.29, 1.82) is 0 Å². The van der Waals surface area contributed by atoms with E-state index in [0.717, 1.165) is 53.6 Å². The Morgan fingerprint density at radius 1 is 0.380 bits per heavy atom. The van der Waals surface area contributed by atoms with Crippen LogP contribution in [0.2, 0.25) is 0 Å². The van der Waals surface area contributed by atoms with Gasteiger partial charge in [0.2, 0.25) is 0 Å². The maximum absolute atomic E-state index is 16.0. The van der Waals surface area contributed by atoms with E-state index in [2.05, 4.69) is 30.0 Å². The predicted molar refractivity (Wildman–Crippen MR) is 167 cm³/mol. The van der Waals surface area contributed by atoms with Crippen LogP contribution in [0.5, 0.6) is 0 Å². The number of amidine groups is 4. The molecule has 242 valence electrons. The maximum atomic E-state index is 16.0. The fourth-order valence-electron chi connectivity index (χ4n) is 6.75. The van der Waals surface area contributed by atoms with Crippen LogP contribution >= 0.6 is 8.58 Å². The Hall–Kier alpha value is -5.16. The van der Waals surface area contributed by atoms with E-state index in [9.17, 15) is 0 Å². The molecule has 6 aromatic rings. The Labute approximate surface area is 283 Å². The molecule has 0 radical (unpaired) electrons. The number of aromatic nitrogens is 2. The number of aliphatic imine (C=N–C) groups is 4. The van der Waals surface area contributed by atoms with Crippen LogP contribution in [0.25, 0.3) is 21.5 Å². The molecule has 10 rings (SSSR count). The number of hydrogen-bond donors (Lipinski definition) is 0. The molecule has 0 spiro atoms. The predicted octanol–water partition coefficient (Wildman–Crippen LogP) is 6.27. The van der Waals surface area contributed by atoms with E-state index in [1.807, 2.05) is 0 Å². The van der Waals surface area contributed by atoms with Crippen molar-refractivity contribution in [1.82, 2.24) is 5.11 Å². The van der Waals surface area contributed by atoms with Gasteiger partial charge in [-0.15, -0.1) is 0 Å². The molecular formula is C32H8ClF8InN8. The molecule has 2 aromatic heterocycles. The molecule has 6 heterocycles. The summed E-state index contributed by atoms with van der Waals surface area (Å²) in [6.45, 7) is 0. The topological polar surface area (TPSA) is 84.0 Å². The van der Waals surface area contributed by atoms with Gasteiger partial charge in [0.1, 0.15) is 0 Å². The standard InChI is InChI=1S/C32H8F8N8.ClH.In/c33-9-1-2-10(34)18-17(9)25-41-26(18)46-28-21-13(37)5-6-14(38)22(21)30(43-28)48-32-24-16(40)8-7-15(39)23(24)31(44-32)47-29-20-12(36)4-3-11(35)19(20)27(42-29)45-25;;/h1-8H;1H;/q-2;;+3/p-1. The third kappa shape index (κ3) is 3.68. The first-order chi connectivity index (χ1) is 24.0. The van der Waals surface area contributed by atoms with Gasteiger partial charge in [-0.1, -0.05) is 0 Å². The Balaban J connectivity index is 1.55. The third-order valence-electron chi connectivity index (χ3n) is 8.81. The molecule has 50 heavy (non-hydrogen) atoms. The minimum absolute atomic E-state index is 0.470. The summed E-state index contributed by atoms with van der Waals surface area (Å²) in [5.74, 6) is -11.3. The van der Waals surface area contributed by atoms with E-state index in [1.165, 1.54) is 0 Å². The summed E-state index contributed by atoms with van der Waals surface area (Å²) in [7, 11) is 7.37. The second-order valence-electron chi connectivity index (χ2n) is 11.4. The Kier molecular flexibility index (Phi) is 5.93. The van der Waals surface area contributed by atoms with Crippen LogP contribution in [0.15, 0.2) is 78.5 Å². The van der Waals surface area contributed by atoms with Crippen molar-refractivity contribution in [3.63, 3.8) is 0 Å². The van der Waals surface area contributed by atoms with Crippen molar-refractivity contribution < 1.29 is 35.1 Å². The van der Waals surface area contributed by atoms with Gasteiger partial charge in [0.05, 0.1) is 0 Å². The van der Waals surface area contributed by atoms with Crippen LogP contribution in [-0.2, 0) is 0 Å². The van der Waals surface area contributed by atoms with Crippen LogP contribution in [0.3, 0.4) is 0 Å². The second-order valence-corrected chi connectivity index (χ2v) is 18.8. The summed E-state index contributed by atoms with van der Waals surface area (Å²) >= 11 is -4.91. The first-order valence-corrected chi connectivity index (χ1v) is 21.6. The Bertz CT molecular complexity index is 2760. The van der Waals surface area contributed by atoms with Gasteiger partial charge in [-0.05, 0) is 0 Å². The molecule has 0 amide bonds. The normalized spacial score (nSPS) is 15.3. The quantitative estimate of drug-likeness (QED) is 0.162. The van der Waals surface area contributed by atoms with Gasteiger partial charge in [-0.2, -0.15) is 0 Å². The number of benzene rings is 4. The SMILES string of the molecule is Fc1ccc(F)c2c1C1=NC2=Nc2c3c(F)ccc(F)c3c3[n]2[In]([Cl])[n]2c(c4c(F)ccc(F)c4c2=NC2=NC(=N3)c3c(F)ccc(F)c32)=N1. The molecule has 0 aliphatic carbocycles. The zero-order valence-corrected chi connectivity index (χ0v) is 28.2. The second kappa shape index (κ2) is 9.97. The average Bonchev–Trinajstić information content (AvgIpc) is 3.81. The Morgan fingerprint density at radius 3 is 1.04 bits per heavy atom. The molecule has 0 saturated heterocycles. The summed E-state index contributed by atoms with van der Waals surface area (Å²) in [5, 5.41) is -2.13. The summed E-state index contributed by atoms with van der Waals surface area (Å²) in [4.78, 5) is 26.1. The summed E-state index contributed by atoms with van der Waals surface area (Å²) in [5.41, 5.74) is -2.95. The summed E-state index contributed by atoms with van der Waals surface area (Å²) < 4.78 is 128. The van der Waals surface area contributed by atoms with Crippen LogP contribution in [-0.4, -0.2) is 49.3 Å². The molecule has 0 unspecified atom stereocenters. The molecular weight excluding hydrogens is 799 g/mol. The molecule has 0 fully saturated rings. The molecule has 4 aromatic carbocycles. The van der Waals surface area contributed by atoms with Crippen molar-refractivity contribution in [3.05, 3.63) is 128 Å². The van der Waals surface area contributed by atoms with Crippen LogP contribution in [0.1, 0.15) is 22.3 Å². The zero-order valence-electron chi connectivity index (χ0n) is 24.2. The number of hydrogen-bond acceptors (Lipinski definition) is 6. The van der Waals surface area contributed by atoms with E-state index in [4.69, 9.17) is 8.58 Å². The Morgan fingerprint density at radius 2 is 0.680 bits per heavy atom. The molecule has 6 bridgehead atoms. The number of fused-ring (bicyclic) bond motifs is 14. The van der Waals surface area contributed by atoms with Crippen LogP contribution in [0.4, 0.5) is 46.8 Å². The number of halogens is 9. The van der Waals surface area contributed by atoms with Crippen molar-refractivity contribution >= 4 is 85.9 Å².